The van der Waals surface area contributed by atoms with Gasteiger partial charge in [-0.3, -0.25) is 0 Å². The molecule has 0 fully saturated rings. The normalized spacial score (nSPS) is 10.0. The molecule has 0 atom stereocenters. The smallest absolute Gasteiger partial charge is 0.118 e. The summed E-state index contributed by atoms with van der Waals surface area (Å²) in [6.45, 7) is 8.15. The van der Waals surface area contributed by atoms with E-state index in [2.05, 4.69) is 26.0 Å². The van der Waals surface area contributed by atoms with E-state index in [-0.39, 0.29) is 0 Å². The van der Waals surface area contributed by atoms with Gasteiger partial charge in [-0.05, 0) is 43.9 Å². The Morgan fingerprint density at radius 2 is 1.41 bits per heavy atom. The van der Waals surface area contributed by atoms with Gasteiger partial charge >= 0.3 is 0 Å². The number of hydrogen-bond donors (Lipinski definition) is 0. The second-order valence-electron chi connectivity index (χ2n) is 5.56. The van der Waals surface area contributed by atoms with E-state index in [0.29, 0.717) is 0 Å². The van der Waals surface area contributed by atoms with Crippen molar-refractivity contribution < 1.29 is 9.47 Å². The SMILES string of the molecule is CCCCCCCCc1ccc(OC)cc1.CCCOCC. The first-order valence-corrected chi connectivity index (χ1v) is 8.99. The molecule has 128 valence electrons. The van der Waals surface area contributed by atoms with Gasteiger partial charge in [0.05, 0.1) is 7.11 Å². The van der Waals surface area contributed by atoms with Crippen molar-refractivity contribution in [1.82, 2.24) is 0 Å². The Hall–Kier alpha value is -1.02. The van der Waals surface area contributed by atoms with Crippen LogP contribution in [0.5, 0.6) is 5.75 Å². The third-order valence-corrected chi connectivity index (χ3v) is 3.53. The van der Waals surface area contributed by atoms with Crippen molar-refractivity contribution in [3.63, 3.8) is 0 Å². The summed E-state index contributed by atoms with van der Waals surface area (Å²) in [5.41, 5.74) is 1.43. The van der Waals surface area contributed by atoms with E-state index in [9.17, 15) is 0 Å². The van der Waals surface area contributed by atoms with Crippen molar-refractivity contribution in [2.75, 3.05) is 20.3 Å². The average molecular weight is 309 g/mol. The fourth-order valence-electron chi connectivity index (χ4n) is 2.19. The van der Waals surface area contributed by atoms with Gasteiger partial charge in [-0.25, -0.2) is 0 Å². The number of benzene rings is 1. The van der Waals surface area contributed by atoms with E-state index in [4.69, 9.17) is 9.47 Å². The Kier molecular flexibility index (Phi) is 15.6. The van der Waals surface area contributed by atoms with Crippen LogP contribution >= 0.6 is 0 Å². The Balaban J connectivity index is 0.000000626. The number of hydrogen-bond acceptors (Lipinski definition) is 2. The van der Waals surface area contributed by atoms with E-state index in [0.717, 1.165) is 25.4 Å². The number of methoxy groups -OCH3 is 1. The average Bonchev–Trinajstić information content (AvgIpc) is 2.57. The Morgan fingerprint density at radius 1 is 0.773 bits per heavy atom. The van der Waals surface area contributed by atoms with Crippen LogP contribution in [0.1, 0.15) is 71.3 Å². The molecule has 1 rings (SSSR count). The summed E-state index contributed by atoms with van der Waals surface area (Å²) in [6.07, 6.45) is 10.5. The molecule has 0 radical (unpaired) electrons. The largest absolute Gasteiger partial charge is 0.497 e. The number of unbranched alkanes of at least 4 members (excludes halogenated alkanes) is 5. The third kappa shape index (κ3) is 12.7. The fourth-order valence-corrected chi connectivity index (χ4v) is 2.19. The number of aryl methyl sites for hydroxylation is 1. The van der Waals surface area contributed by atoms with Crippen molar-refractivity contribution in [2.45, 2.75) is 72.1 Å². The predicted molar refractivity (Wildman–Crippen MR) is 96.9 cm³/mol. The van der Waals surface area contributed by atoms with Crippen LogP contribution in [0.4, 0.5) is 0 Å². The zero-order valence-corrected chi connectivity index (χ0v) is 15.2. The molecule has 0 saturated carbocycles. The van der Waals surface area contributed by atoms with Gasteiger partial charge in [0.2, 0.25) is 0 Å². The van der Waals surface area contributed by atoms with Gasteiger partial charge in [-0.2, -0.15) is 0 Å². The molecule has 0 bridgehead atoms. The van der Waals surface area contributed by atoms with Crippen molar-refractivity contribution in [2.24, 2.45) is 0 Å². The van der Waals surface area contributed by atoms with Gasteiger partial charge in [0, 0.05) is 13.2 Å². The molecule has 0 aliphatic rings. The van der Waals surface area contributed by atoms with Crippen molar-refractivity contribution in [3.05, 3.63) is 29.8 Å². The molecule has 0 spiro atoms. The van der Waals surface area contributed by atoms with Crippen LogP contribution in [0, 0.1) is 0 Å². The van der Waals surface area contributed by atoms with Crippen LogP contribution in [0.2, 0.25) is 0 Å². The number of rotatable bonds is 11. The molecule has 0 heterocycles. The zero-order chi connectivity index (χ0) is 16.5. The lowest BCUT2D eigenvalue weighted by Crippen LogP contribution is -1.88. The van der Waals surface area contributed by atoms with Crippen molar-refractivity contribution in [1.29, 1.82) is 0 Å². The molecule has 0 aliphatic carbocycles. The monoisotopic (exact) mass is 308 g/mol. The molecule has 0 amide bonds. The molecule has 2 nitrogen and oxygen atoms in total. The lowest BCUT2D eigenvalue weighted by atomic mass is 10.1. The van der Waals surface area contributed by atoms with Gasteiger partial charge in [0.25, 0.3) is 0 Å². The maximum atomic E-state index is 5.14. The van der Waals surface area contributed by atoms with E-state index >= 15 is 0 Å². The summed E-state index contributed by atoms with van der Waals surface area (Å²) in [6, 6.07) is 8.44. The molecular weight excluding hydrogens is 272 g/mol. The predicted octanol–water partition coefficient (Wildman–Crippen LogP) is 6.03. The quantitative estimate of drug-likeness (QED) is 0.465. The topological polar surface area (TPSA) is 18.5 Å². The van der Waals surface area contributed by atoms with Gasteiger partial charge in [0.15, 0.2) is 0 Å². The highest BCUT2D eigenvalue weighted by Crippen LogP contribution is 2.14. The maximum absolute atomic E-state index is 5.14. The summed E-state index contributed by atoms with van der Waals surface area (Å²) in [4.78, 5) is 0. The highest BCUT2D eigenvalue weighted by Gasteiger charge is 1.95. The summed E-state index contributed by atoms with van der Waals surface area (Å²) in [5, 5.41) is 0. The van der Waals surface area contributed by atoms with Crippen LogP contribution in [0.15, 0.2) is 24.3 Å². The molecule has 0 aliphatic heterocycles. The first-order chi connectivity index (χ1) is 10.8. The first-order valence-electron chi connectivity index (χ1n) is 8.99. The minimum absolute atomic E-state index is 0.855. The maximum Gasteiger partial charge on any atom is 0.118 e. The van der Waals surface area contributed by atoms with E-state index < -0.39 is 0 Å². The molecular formula is C20H36O2. The molecule has 22 heavy (non-hydrogen) atoms. The van der Waals surface area contributed by atoms with Crippen molar-refractivity contribution in [3.8, 4) is 5.75 Å². The highest BCUT2D eigenvalue weighted by molar-refractivity contribution is 5.27. The van der Waals surface area contributed by atoms with Gasteiger partial charge in [0.1, 0.15) is 5.75 Å². The van der Waals surface area contributed by atoms with E-state index in [1.54, 1.807) is 7.11 Å². The van der Waals surface area contributed by atoms with Gasteiger partial charge in [-0.1, -0.05) is 58.1 Å². The number of ether oxygens (including phenoxy) is 2. The van der Waals surface area contributed by atoms with Crippen LogP contribution in [0.25, 0.3) is 0 Å². The molecule has 1 aromatic rings. The Bertz CT molecular complexity index is 315. The second-order valence-corrected chi connectivity index (χ2v) is 5.56. The van der Waals surface area contributed by atoms with E-state index in [1.165, 1.54) is 50.5 Å². The highest BCUT2D eigenvalue weighted by atomic mass is 16.5. The van der Waals surface area contributed by atoms with Gasteiger partial charge in [-0.15, -0.1) is 0 Å². The molecule has 0 aromatic heterocycles. The van der Waals surface area contributed by atoms with Crippen LogP contribution < -0.4 is 4.74 Å². The fraction of sp³-hybridized carbons (Fsp3) is 0.700. The molecule has 0 unspecified atom stereocenters. The van der Waals surface area contributed by atoms with Gasteiger partial charge < -0.3 is 9.47 Å². The van der Waals surface area contributed by atoms with Crippen molar-refractivity contribution >= 4 is 0 Å². The summed E-state index contributed by atoms with van der Waals surface area (Å²) in [7, 11) is 1.71. The summed E-state index contributed by atoms with van der Waals surface area (Å²) >= 11 is 0. The lowest BCUT2D eigenvalue weighted by Gasteiger charge is -2.03. The zero-order valence-electron chi connectivity index (χ0n) is 15.2. The molecule has 0 N–H and O–H groups in total. The molecule has 1 aromatic carbocycles. The lowest BCUT2D eigenvalue weighted by molar-refractivity contribution is 0.148. The minimum Gasteiger partial charge on any atom is -0.497 e. The molecule has 0 saturated heterocycles. The Labute approximate surface area is 138 Å². The van der Waals surface area contributed by atoms with Crippen LogP contribution in [-0.4, -0.2) is 20.3 Å². The third-order valence-electron chi connectivity index (χ3n) is 3.53. The van der Waals surface area contributed by atoms with Crippen LogP contribution in [-0.2, 0) is 11.2 Å². The summed E-state index contributed by atoms with van der Waals surface area (Å²) in [5.74, 6) is 0.951. The summed E-state index contributed by atoms with van der Waals surface area (Å²) < 4.78 is 10.1. The van der Waals surface area contributed by atoms with Crippen LogP contribution in [0.3, 0.4) is 0 Å². The standard InChI is InChI=1S/C15H24O.C5H12O/c1-3-4-5-6-7-8-9-14-10-12-15(16-2)13-11-14;1-3-5-6-4-2/h10-13H,3-9H2,1-2H3;3-5H2,1-2H3. The second kappa shape index (κ2) is 16.4. The van der Waals surface area contributed by atoms with E-state index in [1.807, 2.05) is 19.1 Å². The molecule has 2 heteroatoms. The minimum atomic E-state index is 0.855. The first kappa shape index (κ1) is 21.0. The Morgan fingerprint density at radius 3 is 1.91 bits per heavy atom.